The van der Waals surface area contributed by atoms with E-state index in [1.165, 1.54) is 5.56 Å². The topological polar surface area (TPSA) is 37.8 Å². The van der Waals surface area contributed by atoms with Crippen molar-refractivity contribution in [3.63, 3.8) is 0 Å². The number of hydrogen-bond acceptors (Lipinski definition) is 4. The van der Waals surface area contributed by atoms with Crippen molar-refractivity contribution >= 4 is 33.1 Å². The molecule has 2 aromatic heterocycles. The predicted molar refractivity (Wildman–Crippen MR) is 81.3 cm³/mol. The van der Waals surface area contributed by atoms with Crippen LogP contribution >= 0.6 is 27.3 Å². The lowest BCUT2D eigenvalue weighted by atomic mass is 10.1. The summed E-state index contributed by atoms with van der Waals surface area (Å²) in [4.78, 5) is 10.3. The van der Waals surface area contributed by atoms with Gasteiger partial charge in [-0.25, -0.2) is 9.97 Å². The summed E-state index contributed by atoms with van der Waals surface area (Å²) in [7, 11) is 0. The van der Waals surface area contributed by atoms with Crippen molar-refractivity contribution in [2.24, 2.45) is 0 Å². The van der Waals surface area contributed by atoms with E-state index in [2.05, 4.69) is 45.1 Å². The Kier molecular flexibility index (Phi) is 4.35. The summed E-state index contributed by atoms with van der Waals surface area (Å²) < 4.78 is 1.10. The number of thiophene rings is 1. The highest BCUT2D eigenvalue weighted by Gasteiger charge is 2.12. The smallest absolute Gasteiger partial charge is 0.171 e. The van der Waals surface area contributed by atoms with Crippen molar-refractivity contribution in [3.05, 3.63) is 27.2 Å². The van der Waals surface area contributed by atoms with Gasteiger partial charge >= 0.3 is 0 Å². The van der Waals surface area contributed by atoms with E-state index < -0.39 is 0 Å². The minimum Gasteiger partial charge on any atom is -0.370 e. The molecule has 2 rings (SSSR count). The minimum atomic E-state index is 0.802. The molecule has 2 heterocycles. The van der Waals surface area contributed by atoms with Crippen molar-refractivity contribution in [3.8, 4) is 10.7 Å². The molecule has 0 amide bonds. The van der Waals surface area contributed by atoms with E-state index in [-0.39, 0.29) is 0 Å². The van der Waals surface area contributed by atoms with Gasteiger partial charge in [-0.2, -0.15) is 0 Å². The quantitative estimate of drug-likeness (QED) is 0.912. The number of aryl methyl sites for hydroxylation is 1. The van der Waals surface area contributed by atoms with E-state index in [4.69, 9.17) is 0 Å². The van der Waals surface area contributed by atoms with Crippen molar-refractivity contribution in [1.29, 1.82) is 0 Å². The van der Waals surface area contributed by atoms with Gasteiger partial charge in [-0.05, 0) is 48.3 Å². The third-order valence-corrected chi connectivity index (χ3v) is 4.32. The number of nitrogens with one attached hydrogen (secondary N) is 1. The number of halogens is 1. The maximum atomic E-state index is 4.65. The van der Waals surface area contributed by atoms with E-state index in [0.717, 1.165) is 39.0 Å². The molecular weight excluding hydrogens is 310 g/mol. The minimum absolute atomic E-state index is 0.802. The number of rotatable bonds is 4. The SMILES string of the molecule is CCNc1nc(-c2ccc(Br)s2)nc(C)c1CC. The Labute approximate surface area is 120 Å². The van der Waals surface area contributed by atoms with Gasteiger partial charge < -0.3 is 5.32 Å². The summed E-state index contributed by atoms with van der Waals surface area (Å²) >= 11 is 5.13. The second-order valence-electron chi connectivity index (χ2n) is 3.95. The first-order valence-electron chi connectivity index (χ1n) is 6.02. The molecule has 0 aliphatic heterocycles. The molecule has 0 aromatic carbocycles. The Balaban J connectivity index is 2.50. The van der Waals surface area contributed by atoms with Crippen molar-refractivity contribution in [2.45, 2.75) is 27.2 Å². The van der Waals surface area contributed by atoms with Gasteiger partial charge in [0.2, 0.25) is 0 Å². The summed E-state index contributed by atoms with van der Waals surface area (Å²) in [6, 6.07) is 4.07. The molecule has 5 heteroatoms. The van der Waals surface area contributed by atoms with Crippen LogP contribution < -0.4 is 5.32 Å². The average Bonchev–Trinajstić information content (AvgIpc) is 2.76. The van der Waals surface area contributed by atoms with Crippen LogP contribution in [0.3, 0.4) is 0 Å². The molecule has 18 heavy (non-hydrogen) atoms. The van der Waals surface area contributed by atoms with Gasteiger partial charge in [0.15, 0.2) is 5.82 Å². The first-order valence-corrected chi connectivity index (χ1v) is 7.63. The molecule has 0 saturated heterocycles. The van der Waals surface area contributed by atoms with Gasteiger partial charge in [0.25, 0.3) is 0 Å². The Morgan fingerprint density at radius 2 is 2.06 bits per heavy atom. The summed E-state index contributed by atoms with van der Waals surface area (Å²) in [6.45, 7) is 7.14. The standard InChI is InChI=1S/C13H16BrN3S/c1-4-9-8(3)16-13(17-12(9)15-5-2)10-6-7-11(14)18-10/h6-7H,4-5H2,1-3H3,(H,15,16,17). The van der Waals surface area contributed by atoms with Gasteiger partial charge in [0, 0.05) is 17.8 Å². The molecule has 0 saturated carbocycles. The van der Waals surface area contributed by atoms with Crippen molar-refractivity contribution in [2.75, 3.05) is 11.9 Å². The maximum Gasteiger partial charge on any atom is 0.171 e. The van der Waals surface area contributed by atoms with E-state index >= 15 is 0 Å². The highest BCUT2D eigenvalue weighted by molar-refractivity contribution is 9.11. The molecule has 0 atom stereocenters. The van der Waals surface area contributed by atoms with Gasteiger partial charge in [-0.15, -0.1) is 11.3 Å². The van der Waals surface area contributed by atoms with Gasteiger partial charge in [-0.1, -0.05) is 6.92 Å². The monoisotopic (exact) mass is 325 g/mol. The normalized spacial score (nSPS) is 10.7. The lowest BCUT2D eigenvalue weighted by Crippen LogP contribution is -2.07. The van der Waals surface area contributed by atoms with Gasteiger partial charge in [0.1, 0.15) is 5.82 Å². The summed E-state index contributed by atoms with van der Waals surface area (Å²) in [5.41, 5.74) is 2.26. The van der Waals surface area contributed by atoms with E-state index in [1.54, 1.807) is 11.3 Å². The molecule has 0 radical (unpaired) electrons. The van der Waals surface area contributed by atoms with E-state index in [0.29, 0.717) is 0 Å². The third kappa shape index (κ3) is 2.72. The zero-order valence-electron chi connectivity index (χ0n) is 10.7. The molecule has 0 aliphatic rings. The van der Waals surface area contributed by atoms with Crippen molar-refractivity contribution in [1.82, 2.24) is 9.97 Å². The van der Waals surface area contributed by atoms with Crippen LogP contribution in [0.5, 0.6) is 0 Å². The lowest BCUT2D eigenvalue weighted by Gasteiger charge is -2.12. The average molecular weight is 326 g/mol. The van der Waals surface area contributed by atoms with Crippen LogP contribution in [-0.4, -0.2) is 16.5 Å². The first-order chi connectivity index (χ1) is 8.65. The molecule has 3 nitrogen and oxygen atoms in total. The zero-order valence-corrected chi connectivity index (χ0v) is 13.2. The molecule has 0 bridgehead atoms. The van der Waals surface area contributed by atoms with Crippen LogP contribution in [0, 0.1) is 6.92 Å². The van der Waals surface area contributed by atoms with E-state index in [1.807, 2.05) is 19.1 Å². The molecular formula is C13H16BrN3S. The van der Waals surface area contributed by atoms with Crippen LogP contribution in [-0.2, 0) is 6.42 Å². The van der Waals surface area contributed by atoms with Crippen LogP contribution in [0.15, 0.2) is 15.9 Å². The Morgan fingerprint density at radius 3 is 2.61 bits per heavy atom. The predicted octanol–water partition coefficient (Wildman–Crippen LogP) is 4.27. The number of nitrogens with zero attached hydrogens (tertiary/aromatic N) is 2. The Hall–Kier alpha value is -0.940. The molecule has 0 fully saturated rings. The number of hydrogen-bond donors (Lipinski definition) is 1. The highest BCUT2D eigenvalue weighted by atomic mass is 79.9. The van der Waals surface area contributed by atoms with Crippen LogP contribution in [0.1, 0.15) is 25.1 Å². The fourth-order valence-electron chi connectivity index (χ4n) is 1.88. The highest BCUT2D eigenvalue weighted by Crippen LogP contribution is 2.31. The Morgan fingerprint density at radius 1 is 1.28 bits per heavy atom. The zero-order chi connectivity index (χ0) is 13.1. The number of anilines is 1. The lowest BCUT2D eigenvalue weighted by molar-refractivity contribution is 0.991. The van der Waals surface area contributed by atoms with Crippen LogP contribution in [0.2, 0.25) is 0 Å². The second kappa shape index (κ2) is 5.80. The largest absolute Gasteiger partial charge is 0.370 e. The van der Waals surface area contributed by atoms with Crippen molar-refractivity contribution < 1.29 is 0 Å². The van der Waals surface area contributed by atoms with Crippen LogP contribution in [0.25, 0.3) is 10.7 Å². The molecule has 2 aromatic rings. The second-order valence-corrected chi connectivity index (χ2v) is 6.41. The van der Waals surface area contributed by atoms with Gasteiger partial charge in [0.05, 0.1) is 8.66 Å². The summed E-state index contributed by atoms with van der Waals surface area (Å²) in [5, 5.41) is 3.33. The molecule has 0 aliphatic carbocycles. The molecule has 1 N–H and O–H groups in total. The summed E-state index contributed by atoms with van der Waals surface area (Å²) in [5.74, 6) is 1.77. The van der Waals surface area contributed by atoms with E-state index in [9.17, 15) is 0 Å². The molecule has 0 spiro atoms. The Bertz CT molecular complexity index is 551. The molecule has 0 unspecified atom stereocenters. The fourth-order valence-corrected chi connectivity index (χ4v) is 3.20. The summed E-state index contributed by atoms with van der Waals surface area (Å²) in [6.07, 6.45) is 0.947. The number of aromatic nitrogens is 2. The van der Waals surface area contributed by atoms with Gasteiger partial charge in [-0.3, -0.25) is 0 Å². The fraction of sp³-hybridized carbons (Fsp3) is 0.385. The first kappa shape index (κ1) is 13.5. The third-order valence-electron chi connectivity index (χ3n) is 2.71. The van der Waals surface area contributed by atoms with Crippen LogP contribution in [0.4, 0.5) is 5.82 Å². The molecule has 96 valence electrons. The maximum absolute atomic E-state index is 4.65.